The first-order chi connectivity index (χ1) is 8.95. The number of carbonyl (C=O) groups is 1. The zero-order valence-electron chi connectivity index (χ0n) is 10.4. The van der Waals surface area contributed by atoms with Gasteiger partial charge in [-0.1, -0.05) is 0 Å². The molecule has 0 spiro atoms. The van der Waals surface area contributed by atoms with Gasteiger partial charge in [0, 0.05) is 17.1 Å². The van der Waals surface area contributed by atoms with Gasteiger partial charge in [-0.3, -0.25) is 4.79 Å². The summed E-state index contributed by atoms with van der Waals surface area (Å²) in [6.07, 6.45) is 0. The number of benzene rings is 2. The quantitative estimate of drug-likeness (QED) is 0.725. The van der Waals surface area contributed by atoms with E-state index in [1.54, 1.807) is 19.1 Å². The molecule has 0 unspecified atom stereocenters. The molecule has 0 aromatic heterocycles. The van der Waals surface area contributed by atoms with Gasteiger partial charge in [-0.05, 0) is 48.9 Å². The maximum absolute atomic E-state index is 13.2. The summed E-state index contributed by atoms with van der Waals surface area (Å²) in [4.78, 5) is 12.0. The van der Waals surface area contributed by atoms with Crippen LogP contribution in [0.3, 0.4) is 0 Å². The van der Waals surface area contributed by atoms with E-state index in [0.29, 0.717) is 16.9 Å². The summed E-state index contributed by atoms with van der Waals surface area (Å²) in [7, 11) is 0. The Bertz CT molecular complexity index is 620. The van der Waals surface area contributed by atoms with Crippen LogP contribution in [0.25, 0.3) is 0 Å². The number of nitrogens with two attached hydrogens (primary N) is 2. The monoisotopic (exact) mass is 259 g/mol. The fourth-order valence-electron chi connectivity index (χ4n) is 1.79. The molecule has 0 fully saturated rings. The second-order valence-corrected chi connectivity index (χ2v) is 4.32. The molecule has 0 atom stereocenters. The van der Waals surface area contributed by atoms with Crippen LogP contribution in [-0.4, -0.2) is 5.91 Å². The van der Waals surface area contributed by atoms with E-state index in [4.69, 9.17) is 11.5 Å². The van der Waals surface area contributed by atoms with Crippen LogP contribution in [-0.2, 0) is 0 Å². The summed E-state index contributed by atoms with van der Waals surface area (Å²) in [6.45, 7) is 1.75. The van der Waals surface area contributed by atoms with Crippen molar-refractivity contribution < 1.29 is 9.18 Å². The molecule has 0 aliphatic rings. The van der Waals surface area contributed by atoms with E-state index in [0.717, 1.165) is 5.56 Å². The number of hydrogen-bond acceptors (Lipinski definition) is 3. The fraction of sp³-hybridized carbons (Fsp3) is 0.0714. The van der Waals surface area contributed by atoms with Gasteiger partial charge in [-0.15, -0.1) is 0 Å². The fourth-order valence-corrected chi connectivity index (χ4v) is 1.79. The van der Waals surface area contributed by atoms with E-state index in [1.165, 1.54) is 24.3 Å². The molecular formula is C14H14FN3O. The van der Waals surface area contributed by atoms with Gasteiger partial charge < -0.3 is 16.8 Å². The van der Waals surface area contributed by atoms with Gasteiger partial charge >= 0.3 is 0 Å². The van der Waals surface area contributed by atoms with Gasteiger partial charge in [0.1, 0.15) is 5.82 Å². The van der Waals surface area contributed by atoms with Gasteiger partial charge in [0.05, 0.1) is 5.56 Å². The molecular weight excluding hydrogens is 245 g/mol. The predicted molar refractivity (Wildman–Crippen MR) is 74.4 cm³/mol. The number of amides is 1. The first kappa shape index (κ1) is 12.9. The van der Waals surface area contributed by atoms with Gasteiger partial charge in [0.15, 0.2) is 0 Å². The maximum atomic E-state index is 13.2. The zero-order valence-corrected chi connectivity index (χ0v) is 10.4. The van der Waals surface area contributed by atoms with Crippen LogP contribution in [0, 0.1) is 12.7 Å². The molecule has 5 N–H and O–H groups in total. The van der Waals surface area contributed by atoms with Crippen LogP contribution < -0.4 is 16.8 Å². The van der Waals surface area contributed by atoms with Crippen LogP contribution in [0.2, 0.25) is 0 Å². The molecule has 2 aromatic rings. The lowest BCUT2D eigenvalue weighted by Crippen LogP contribution is -2.14. The van der Waals surface area contributed by atoms with Crippen molar-refractivity contribution in [1.29, 1.82) is 0 Å². The predicted octanol–water partition coefficient (Wildman–Crippen LogP) is 2.55. The van der Waals surface area contributed by atoms with Crippen molar-refractivity contribution in [2.24, 2.45) is 0 Å². The highest BCUT2D eigenvalue weighted by Crippen LogP contribution is 2.19. The summed E-state index contributed by atoms with van der Waals surface area (Å²) in [6, 6.07) is 8.93. The Hall–Kier alpha value is -2.56. The minimum atomic E-state index is -0.402. The average Bonchev–Trinajstić information content (AvgIpc) is 2.26. The minimum absolute atomic E-state index is 0.283. The summed E-state index contributed by atoms with van der Waals surface area (Å²) in [5.41, 5.74) is 13.5. The van der Waals surface area contributed by atoms with E-state index < -0.39 is 11.7 Å². The SMILES string of the molecule is Cc1cc(F)cc(NC(=O)c2ccc(N)cc2N)c1. The van der Waals surface area contributed by atoms with E-state index in [1.807, 2.05) is 0 Å². The largest absolute Gasteiger partial charge is 0.399 e. The Morgan fingerprint density at radius 1 is 1.16 bits per heavy atom. The second-order valence-electron chi connectivity index (χ2n) is 4.32. The molecule has 5 heteroatoms. The van der Waals surface area contributed by atoms with Gasteiger partial charge in [0.25, 0.3) is 5.91 Å². The number of aryl methyl sites for hydroxylation is 1. The van der Waals surface area contributed by atoms with E-state index in [2.05, 4.69) is 5.32 Å². The van der Waals surface area contributed by atoms with Gasteiger partial charge in [0.2, 0.25) is 0 Å². The lowest BCUT2D eigenvalue weighted by Gasteiger charge is -2.09. The van der Waals surface area contributed by atoms with Crippen LogP contribution in [0.5, 0.6) is 0 Å². The highest BCUT2D eigenvalue weighted by atomic mass is 19.1. The normalized spacial score (nSPS) is 10.2. The lowest BCUT2D eigenvalue weighted by molar-refractivity contribution is 0.102. The third-order valence-electron chi connectivity index (χ3n) is 2.62. The first-order valence-electron chi connectivity index (χ1n) is 5.69. The molecule has 1 amide bonds. The van der Waals surface area contributed by atoms with Crippen LogP contribution in [0.15, 0.2) is 36.4 Å². The Morgan fingerprint density at radius 2 is 1.89 bits per heavy atom. The molecule has 2 rings (SSSR count). The highest BCUT2D eigenvalue weighted by molar-refractivity contribution is 6.08. The summed E-state index contributed by atoms with van der Waals surface area (Å²) >= 11 is 0. The summed E-state index contributed by atoms with van der Waals surface area (Å²) < 4.78 is 13.2. The number of hydrogen-bond donors (Lipinski definition) is 3. The summed E-state index contributed by atoms with van der Waals surface area (Å²) in [5.74, 6) is -0.803. The molecule has 19 heavy (non-hydrogen) atoms. The van der Waals surface area contributed by atoms with Gasteiger partial charge in [-0.25, -0.2) is 4.39 Å². The van der Waals surface area contributed by atoms with Crippen molar-refractivity contribution >= 4 is 23.0 Å². The second kappa shape index (κ2) is 4.97. The van der Waals surface area contributed by atoms with Crippen molar-refractivity contribution in [2.45, 2.75) is 6.92 Å². The molecule has 98 valence electrons. The number of rotatable bonds is 2. The lowest BCUT2D eigenvalue weighted by atomic mass is 10.1. The molecule has 0 aliphatic heterocycles. The molecule has 0 radical (unpaired) electrons. The first-order valence-corrected chi connectivity index (χ1v) is 5.69. The van der Waals surface area contributed by atoms with E-state index in [9.17, 15) is 9.18 Å². The molecule has 0 saturated carbocycles. The minimum Gasteiger partial charge on any atom is -0.399 e. The van der Waals surface area contributed by atoms with E-state index in [-0.39, 0.29) is 5.69 Å². The molecule has 0 saturated heterocycles. The number of halogens is 1. The number of nitrogens with one attached hydrogen (secondary N) is 1. The average molecular weight is 259 g/mol. The molecule has 0 bridgehead atoms. The Kier molecular flexibility index (Phi) is 3.37. The highest BCUT2D eigenvalue weighted by Gasteiger charge is 2.10. The zero-order chi connectivity index (χ0) is 14.0. The van der Waals surface area contributed by atoms with Crippen LogP contribution >= 0.6 is 0 Å². The smallest absolute Gasteiger partial charge is 0.257 e. The van der Waals surface area contributed by atoms with Crippen LogP contribution in [0.1, 0.15) is 15.9 Å². The Labute approximate surface area is 110 Å². The molecule has 0 aliphatic carbocycles. The van der Waals surface area contributed by atoms with Crippen molar-refractivity contribution in [2.75, 3.05) is 16.8 Å². The van der Waals surface area contributed by atoms with E-state index >= 15 is 0 Å². The number of anilines is 3. The standard InChI is InChI=1S/C14H14FN3O/c1-8-4-9(15)6-11(5-8)18-14(19)12-3-2-10(16)7-13(12)17/h2-7H,16-17H2,1H3,(H,18,19). The maximum Gasteiger partial charge on any atom is 0.257 e. The Balaban J connectivity index is 2.25. The Morgan fingerprint density at radius 3 is 2.53 bits per heavy atom. The van der Waals surface area contributed by atoms with Crippen molar-refractivity contribution in [3.8, 4) is 0 Å². The topological polar surface area (TPSA) is 81.1 Å². The van der Waals surface area contributed by atoms with Crippen molar-refractivity contribution in [3.63, 3.8) is 0 Å². The third kappa shape index (κ3) is 3.01. The van der Waals surface area contributed by atoms with Crippen LogP contribution in [0.4, 0.5) is 21.5 Å². The number of nitrogen functional groups attached to an aromatic ring is 2. The van der Waals surface area contributed by atoms with Gasteiger partial charge in [-0.2, -0.15) is 0 Å². The number of carbonyl (C=O) groups excluding carboxylic acids is 1. The molecule has 2 aromatic carbocycles. The molecule has 0 heterocycles. The third-order valence-corrected chi connectivity index (χ3v) is 2.62. The van der Waals surface area contributed by atoms with Crippen molar-refractivity contribution in [1.82, 2.24) is 0 Å². The summed E-state index contributed by atoms with van der Waals surface area (Å²) in [5, 5.41) is 2.60. The molecule has 4 nitrogen and oxygen atoms in total. The van der Waals surface area contributed by atoms with Crippen molar-refractivity contribution in [3.05, 3.63) is 53.3 Å².